The van der Waals surface area contributed by atoms with Gasteiger partial charge in [0.05, 0.1) is 41.0 Å². The normalized spacial score (nSPS) is 24.5. The molecule has 1 amide bonds. The molecular weight excluding hydrogens is 492 g/mol. The number of anilines is 2. The van der Waals surface area contributed by atoms with Crippen molar-refractivity contribution in [1.82, 2.24) is 19.7 Å². The van der Waals surface area contributed by atoms with Crippen molar-refractivity contribution in [2.75, 3.05) is 10.2 Å². The van der Waals surface area contributed by atoms with Crippen molar-refractivity contribution in [3.63, 3.8) is 0 Å². The van der Waals surface area contributed by atoms with Gasteiger partial charge in [-0.1, -0.05) is 0 Å². The van der Waals surface area contributed by atoms with Crippen LogP contribution < -0.4 is 15.0 Å². The van der Waals surface area contributed by atoms with E-state index in [1.54, 1.807) is 21.9 Å². The molecular formula is C29H28N8O2. The number of allylic oxidation sites excluding steroid dienone is 1. The van der Waals surface area contributed by atoms with E-state index in [9.17, 15) is 10.1 Å². The van der Waals surface area contributed by atoms with Gasteiger partial charge in [0.2, 0.25) is 11.8 Å². The quantitative estimate of drug-likeness (QED) is 0.419. The Bertz CT molecular complexity index is 1600. The van der Waals surface area contributed by atoms with Crippen molar-refractivity contribution in [1.29, 1.82) is 10.5 Å². The molecule has 39 heavy (non-hydrogen) atoms. The zero-order chi connectivity index (χ0) is 27.5. The van der Waals surface area contributed by atoms with Gasteiger partial charge in [0.25, 0.3) is 5.91 Å². The second kappa shape index (κ2) is 8.67. The SMILES string of the molecule is CCn1cc(N2C(=O)c3nc(NC45CC(C#N)(C4)C5)nc(Oc4c(C)cc(/C=C/C#N)cc4C)c3C2C)cn1. The van der Waals surface area contributed by atoms with Crippen molar-refractivity contribution in [2.45, 2.75) is 65.1 Å². The summed E-state index contributed by atoms with van der Waals surface area (Å²) in [5, 5.41) is 26.1. The van der Waals surface area contributed by atoms with E-state index in [1.807, 2.05) is 52.1 Å². The standard InChI is InChI=1S/C29H28N8O2/c1-5-36-12-21(11-32-36)37-19(4)22-23(26(37)38)33-27(35-29-13-28(14-29,15-29)16-31)34-25(22)39-24-17(2)9-20(7-6-8-30)10-18(24)3/h6-7,9-12,19H,5,13-15H2,1-4H3,(H,33,34,35)/b7-6+. The van der Waals surface area contributed by atoms with Crippen LogP contribution in [0.4, 0.5) is 11.6 Å². The van der Waals surface area contributed by atoms with Crippen LogP contribution in [-0.2, 0) is 6.54 Å². The van der Waals surface area contributed by atoms with E-state index in [0.717, 1.165) is 36.0 Å². The molecule has 0 saturated heterocycles. The van der Waals surface area contributed by atoms with Crippen LogP contribution in [0.15, 0.2) is 30.6 Å². The van der Waals surface area contributed by atoms with E-state index in [2.05, 4.69) is 21.5 Å². The molecule has 1 aliphatic heterocycles. The number of nitrogens with one attached hydrogen (secondary N) is 1. The van der Waals surface area contributed by atoms with Gasteiger partial charge in [0.1, 0.15) is 11.4 Å². The van der Waals surface area contributed by atoms with Crippen LogP contribution in [0.25, 0.3) is 6.08 Å². The number of amides is 1. The maximum atomic E-state index is 13.7. The molecule has 3 heterocycles. The van der Waals surface area contributed by atoms with Gasteiger partial charge in [-0.15, -0.1) is 0 Å². The molecule has 1 aromatic carbocycles. The highest BCUT2D eigenvalue weighted by molar-refractivity contribution is 6.10. The first-order chi connectivity index (χ1) is 18.7. The van der Waals surface area contributed by atoms with Gasteiger partial charge < -0.3 is 10.1 Å². The van der Waals surface area contributed by atoms with Crippen LogP contribution in [0, 0.1) is 41.9 Å². The number of fused-ring (bicyclic) bond motifs is 1. The lowest BCUT2D eigenvalue weighted by Gasteiger charge is -2.66. The van der Waals surface area contributed by atoms with Crippen molar-refractivity contribution in [2.24, 2.45) is 5.41 Å². The predicted molar refractivity (Wildman–Crippen MR) is 144 cm³/mol. The summed E-state index contributed by atoms with van der Waals surface area (Å²) in [6, 6.07) is 7.95. The Hall–Kier alpha value is -4.70. The Kier molecular flexibility index (Phi) is 5.47. The zero-order valence-electron chi connectivity index (χ0n) is 22.3. The van der Waals surface area contributed by atoms with Crippen LogP contribution in [0.1, 0.15) is 71.9 Å². The van der Waals surface area contributed by atoms with Gasteiger partial charge >= 0.3 is 0 Å². The molecule has 2 bridgehead atoms. The van der Waals surface area contributed by atoms with Crippen LogP contribution in [0.2, 0.25) is 0 Å². The highest BCUT2D eigenvalue weighted by Gasteiger charge is 2.69. The number of benzene rings is 1. The Labute approximate surface area is 226 Å². The van der Waals surface area contributed by atoms with Crippen molar-refractivity contribution < 1.29 is 9.53 Å². The van der Waals surface area contributed by atoms with Crippen LogP contribution >= 0.6 is 0 Å². The monoisotopic (exact) mass is 520 g/mol. The van der Waals surface area contributed by atoms with Crippen molar-refractivity contribution in [3.05, 3.63) is 58.6 Å². The number of carbonyl (C=O) groups is 1. The van der Waals surface area contributed by atoms with Crippen LogP contribution in [0.3, 0.4) is 0 Å². The average Bonchev–Trinajstić information content (AvgIpc) is 3.43. The molecule has 4 aliphatic rings. The van der Waals surface area contributed by atoms with E-state index in [0.29, 0.717) is 41.1 Å². The minimum absolute atomic E-state index is 0.211. The lowest BCUT2D eigenvalue weighted by atomic mass is 9.40. The largest absolute Gasteiger partial charge is 0.438 e. The Morgan fingerprint density at radius 2 is 1.92 bits per heavy atom. The number of hydrogen-bond acceptors (Lipinski definition) is 8. The lowest BCUT2D eigenvalue weighted by molar-refractivity contribution is -0.0665. The van der Waals surface area contributed by atoms with E-state index >= 15 is 0 Å². The molecule has 3 saturated carbocycles. The van der Waals surface area contributed by atoms with Gasteiger partial charge in [0.15, 0.2) is 0 Å². The third-order valence-corrected chi connectivity index (χ3v) is 8.04. The minimum Gasteiger partial charge on any atom is -0.438 e. The number of ether oxygens (including phenoxy) is 1. The molecule has 1 atom stereocenters. The van der Waals surface area contributed by atoms with Gasteiger partial charge in [0, 0.05) is 24.4 Å². The Morgan fingerprint density at radius 3 is 2.54 bits per heavy atom. The molecule has 3 aliphatic carbocycles. The third-order valence-electron chi connectivity index (χ3n) is 8.04. The van der Waals surface area contributed by atoms with Crippen molar-refractivity contribution >= 4 is 23.6 Å². The summed E-state index contributed by atoms with van der Waals surface area (Å²) >= 11 is 0. The maximum Gasteiger partial charge on any atom is 0.278 e. The van der Waals surface area contributed by atoms with Gasteiger partial charge in [-0.05, 0) is 81.9 Å². The molecule has 7 rings (SSSR count). The Morgan fingerprint density at radius 1 is 1.21 bits per heavy atom. The first-order valence-electron chi connectivity index (χ1n) is 13.0. The maximum absolute atomic E-state index is 13.7. The number of aromatic nitrogens is 4. The topological polar surface area (TPSA) is 133 Å². The highest BCUT2D eigenvalue weighted by atomic mass is 16.5. The molecule has 1 N–H and O–H groups in total. The smallest absolute Gasteiger partial charge is 0.278 e. The zero-order valence-corrected chi connectivity index (χ0v) is 22.3. The summed E-state index contributed by atoms with van der Waals surface area (Å²) in [7, 11) is 0. The Balaban J connectivity index is 1.41. The van der Waals surface area contributed by atoms with Crippen LogP contribution in [-0.4, -0.2) is 31.2 Å². The first kappa shape index (κ1) is 24.6. The molecule has 10 heteroatoms. The molecule has 10 nitrogen and oxygen atoms in total. The van der Waals surface area contributed by atoms with Crippen molar-refractivity contribution in [3.8, 4) is 23.8 Å². The third kappa shape index (κ3) is 3.83. The summed E-state index contributed by atoms with van der Waals surface area (Å²) < 4.78 is 8.27. The molecule has 3 aromatic rings. The number of rotatable bonds is 7. The molecule has 1 unspecified atom stereocenters. The fraction of sp³-hybridized carbons (Fsp3) is 0.379. The van der Waals surface area contributed by atoms with Gasteiger partial charge in [-0.3, -0.25) is 14.4 Å². The predicted octanol–water partition coefficient (Wildman–Crippen LogP) is 5.22. The summed E-state index contributed by atoms with van der Waals surface area (Å²) in [6.45, 7) is 8.49. The van der Waals surface area contributed by atoms with E-state index < -0.39 is 0 Å². The number of nitrogens with zero attached hydrogens (tertiary/aromatic N) is 7. The van der Waals surface area contributed by atoms with Gasteiger partial charge in [-0.25, -0.2) is 4.98 Å². The second-order valence-corrected chi connectivity index (χ2v) is 10.9. The number of nitriles is 2. The molecule has 2 aromatic heterocycles. The first-order valence-corrected chi connectivity index (χ1v) is 13.0. The second-order valence-electron chi connectivity index (χ2n) is 10.9. The fourth-order valence-corrected chi connectivity index (χ4v) is 6.28. The number of carbonyl (C=O) groups excluding carboxylic acids is 1. The summed E-state index contributed by atoms with van der Waals surface area (Å²) in [4.78, 5) is 24.9. The molecule has 196 valence electrons. The summed E-state index contributed by atoms with van der Waals surface area (Å²) in [5.41, 5.74) is 3.80. The van der Waals surface area contributed by atoms with E-state index in [1.165, 1.54) is 6.08 Å². The molecule has 0 spiro atoms. The highest BCUT2D eigenvalue weighted by Crippen LogP contribution is 2.67. The lowest BCUT2D eigenvalue weighted by Crippen LogP contribution is -2.70. The minimum atomic E-state index is -0.374. The summed E-state index contributed by atoms with van der Waals surface area (Å²) in [5.74, 6) is 1.05. The number of hydrogen-bond donors (Lipinski definition) is 1. The molecule has 0 radical (unpaired) electrons. The van der Waals surface area contributed by atoms with Crippen LogP contribution in [0.5, 0.6) is 11.6 Å². The van der Waals surface area contributed by atoms with Gasteiger partial charge in [-0.2, -0.15) is 20.6 Å². The van der Waals surface area contributed by atoms with E-state index in [4.69, 9.17) is 15.0 Å². The number of aryl methyl sites for hydroxylation is 3. The fourth-order valence-electron chi connectivity index (χ4n) is 6.28. The summed E-state index contributed by atoms with van der Waals surface area (Å²) in [6.07, 6.45) is 8.95. The van der Waals surface area contributed by atoms with E-state index in [-0.39, 0.29) is 22.9 Å². The average molecular weight is 521 g/mol. The molecule has 3 fully saturated rings.